The van der Waals surface area contributed by atoms with Crippen molar-refractivity contribution >= 4 is 23.5 Å². The first-order chi connectivity index (χ1) is 13.3. The highest BCUT2D eigenvalue weighted by Gasteiger charge is 2.67. The smallest absolute Gasteiger partial charge is 0.327 e. The summed E-state index contributed by atoms with van der Waals surface area (Å²) in [6.07, 6.45) is 1.12. The quantitative estimate of drug-likeness (QED) is 0.592. The second-order valence-corrected chi connectivity index (χ2v) is 7.79. The number of anilines is 1. The lowest BCUT2D eigenvalue weighted by Crippen LogP contribution is -2.56. The molecular weight excluding hydrogens is 358 g/mol. The molecular formula is C21H29N3O4. The van der Waals surface area contributed by atoms with E-state index in [1.807, 2.05) is 50.2 Å². The van der Waals surface area contributed by atoms with Crippen LogP contribution in [-0.4, -0.2) is 56.0 Å². The van der Waals surface area contributed by atoms with Gasteiger partial charge in [-0.2, -0.15) is 0 Å². The number of hydrogen-bond donors (Lipinski definition) is 1. The van der Waals surface area contributed by atoms with Crippen LogP contribution in [0.1, 0.15) is 38.3 Å². The Balaban J connectivity index is 2.08. The number of nitrogens with zero attached hydrogens (tertiary/aromatic N) is 2. The molecule has 7 nitrogen and oxygen atoms in total. The zero-order chi connectivity index (χ0) is 20.6. The average Bonchev–Trinajstić information content (AvgIpc) is 3.13. The average molecular weight is 387 g/mol. The summed E-state index contributed by atoms with van der Waals surface area (Å²) >= 11 is 0. The van der Waals surface area contributed by atoms with Crippen LogP contribution in [0.15, 0.2) is 24.3 Å². The van der Waals surface area contributed by atoms with E-state index in [4.69, 9.17) is 4.74 Å². The van der Waals surface area contributed by atoms with E-state index in [2.05, 4.69) is 5.32 Å². The molecule has 0 unspecified atom stereocenters. The number of amides is 2. The minimum Gasteiger partial charge on any atom is -0.465 e. The lowest BCUT2D eigenvalue weighted by Gasteiger charge is -2.32. The highest BCUT2D eigenvalue weighted by Crippen LogP contribution is 2.50. The molecule has 28 heavy (non-hydrogen) atoms. The Morgan fingerprint density at radius 3 is 2.36 bits per heavy atom. The Morgan fingerprint density at radius 2 is 1.82 bits per heavy atom. The second-order valence-electron chi connectivity index (χ2n) is 7.79. The zero-order valence-electron chi connectivity index (χ0n) is 17.2. The molecule has 2 aliphatic heterocycles. The normalized spacial score (nSPS) is 29.2. The van der Waals surface area contributed by atoms with E-state index in [9.17, 15) is 14.4 Å². The number of rotatable bonds is 6. The number of esters is 1. The standard InChI is InChI=1S/C21H29N3O4/c1-6-12-21(20(27)28-7-2)16-15(18(25)24(5)19(16)26)17(22-21)13-8-10-14(11-9-13)23(3)4/h8-11,15-17,22H,6-7,12H2,1-5H3/t15-,16-,17-,21+/m1/s1. The van der Waals surface area contributed by atoms with Gasteiger partial charge in [-0.1, -0.05) is 25.5 Å². The summed E-state index contributed by atoms with van der Waals surface area (Å²) in [5.74, 6) is -2.36. The van der Waals surface area contributed by atoms with Crippen molar-refractivity contribution in [3.8, 4) is 0 Å². The molecule has 2 saturated heterocycles. The van der Waals surface area contributed by atoms with Gasteiger partial charge in [0.15, 0.2) is 0 Å². The SMILES string of the molecule is CCC[C@]1(C(=O)OCC)N[C@H](c2ccc(N(C)C)cc2)[C@@H]2C(=O)N(C)C(=O)[C@@H]21. The Kier molecular flexibility index (Phi) is 5.48. The van der Waals surface area contributed by atoms with Gasteiger partial charge in [0.2, 0.25) is 11.8 Å². The van der Waals surface area contributed by atoms with Crippen LogP contribution in [0, 0.1) is 11.8 Å². The van der Waals surface area contributed by atoms with Crippen LogP contribution >= 0.6 is 0 Å². The molecule has 2 fully saturated rings. The molecule has 2 heterocycles. The largest absolute Gasteiger partial charge is 0.465 e. The molecule has 0 aliphatic carbocycles. The van der Waals surface area contributed by atoms with Crippen LogP contribution in [0.4, 0.5) is 5.69 Å². The first-order valence-electron chi connectivity index (χ1n) is 9.82. The first kappa shape index (κ1) is 20.3. The van der Waals surface area contributed by atoms with Crippen molar-refractivity contribution in [1.29, 1.82) is 0 Å². The van der Waals surface area contributed by atoms with E-state index >= 15 is 0 Å². The predicted octanol–water partition coefficient (Wildman–Crippen LogP) is 1.73. The Hall–Kier alpha value is -2.41. The highest BCUT2D eigenvalue weighted by molar-refractivity contribution is 6.09. The molecule has 2 aliphatic rings. The van der Waals surface area contributed by atoms with E-state index < -0.39 is 29.4 Å². The Morgan fingerprint density at radius 1 is 1.18 bits per heavy atom. The van der Waals surface area contributed by atoms with Crippen LogP contribution in [0.5, 0.6) is 0 Å². The highest BCUT2D eigenvalue weighted by atomic mass is 16.5. The van der Waals surface area contributed by atoms with Crippen molar-refractivity contribution in [2.45, 2.75) is 38.3 Å². The van der Waals surface area contributed by atoms with Gasteiger partial charge in [0, 0.05) is 32.9 Å². The maximum atomic E-state index is 13.0. The molecule has 0 saturated carbocycles. The fraction of sp³-hybridized carbons (Fsp3) is 0.571. The summed E-state index contributed by atoms with van der Waals surface area (Å²) in [4.78, 5) is 42.1. The van der Waals surface area contributed by atoms with Crippen molar-refractivity contribution in [2.75, 3.05) is 32.6 Å². The molecule has 0 aromatic heterocycles. The number of imide groups is 1. The van der Waals surface area contributed by atoms with Crippen LogP contribution in [0.2, 0.25) is 0 Å². The molecule has 7 heteroatoms. The zero-order valence-corrected chi connectivity index (χ0v) is 17.2. The number of ether oxygens (including phenoxy) is 1. The van der Waals surface area contributed by atoms with Crippen molar-refractivity contribution in [3.05, 3.63) is 29.8 Å². The molecule has 1 N–H and O–H groups in total. The van der Waals surface area contributed by atoms with E-state index in [1.165, 1.54) is 11.9 Å². The minimum atomic E-state index is -1.18. The number of likely N-dealkylation sites (tertiary alicyclic amines) is 1. The molecule has 0 spiro atoms. The van der Waals surface area contributed by atoms with Gasteiger partial charge >= 0.3 is 5.97 Å². The molecule has 4 atom stereocenters. The maximum absolute atomic E-state index is 13.0. The number of nitrogens with one attached hydrogen (secondary N) is 1. The third kappa shape index (κ3) is 2.98. The van der Waals surface area contributed by atoms with Gasteiger partial charge in [-0.3, -0.25) is 24.6 Å². The molecule has 1 aromatic carbocycles. The number of carbonyl (C=O) groups excluding carboxylic acids is 3. The van der Waals surface area contributed by atoms with Gasteiger partial charge in [-0.25, -0.2) is 0 Å². The van der Waals surface area contributed by atoms with Crippen LogP contribution < -0.4 is 10.2 Å². The molecule has 3 rings (SSSR count). The van der Waals surface area contributed by atoms with Crippen molar-refractivity contribution in [2.24, 2.45) is 11.8 Å². The Labute approximate surface area is 166 Å². The van der Waals surface area contributed by atoms with Crippen molar-refractivity contribution in [1.82, 2.24) is 10.2 Å². The fourth-order valence-corrected chi connectivity index (χ4v) is 4.59. The lowest BCUT2D eigenvalue weighted by molar-refractivity contribution is -0.156. The number of fused-ring (bicyclic) bond motifs is 1. The molecule has 1 aromatic rings. The summed E-state index contributed by atoms with van der Waals surface area (Å²) in [6, 6.07) is 7.43. The minimum absolute atomic E-state index is 0.226. The fourth-order valence-electron chi connectivity index (χ4n) is 4.59. The number of carbonyl (C=O) groups is 3. The van der Waals surface area contributed by atoms with E-state index in [1.54, 1.807) is 6.92 Å². The topological polar surface area (TPSA) is 79.0 Å². The monoisotopic (exact) mass is 387 g/mol. The molecule has 2 amide bonds. The van der Waals surface area contributed by atoms with Crippen LogP contribution in [0.3, 0.4) is 0 Å². The van der Waals surface area contributed by atoms with Gasteiger partial charge in [-0.05, 0) is 31.0 Å². The Bertz CT molecular complexity index is 776. The van der Waals surface area contributed by atoms with Crippen LogP contribution in [-0.2, 0) is 19.1 Å². The number of benzene rings is 1. The van der Waals surface area contributed by atoms with Crippen molar-refractivity contribution in [3.63, 3.8) is 0 Å². The van der Waals surface area contributed by atoms with E-state index in [-0.39, 0.29) is 18.4 Å². The van der Waals surface area contributed by atoms with Gasteiger partial charge in [0.1, 0.15) is 5.54 Å². The third-order valence-corrected chi connectivity index (χ3v) is 5.93. The predicted molar refractivity (Wildman–Crippen MR) is 106 cm³/mol. The van der Waals surface area contributed by atoms with E-state index in [0.29, 0.717) is 12.8 Å². The van der Waals surface area contributed by atoms with Gasteiger partial charge in [0.25, 0.3) is 0 Å². The maximum Gasteiger partial charge on any atom is 0.327 e. The number of hydrogen-bond acceptors (Lipinski definition) is 6. The summed E-state index contributed by atoms with van der Waals surface area (Å²) in [5, 5.41) is 3.38. The van der Waals surface area contributed by atoms with Crippen LogP contribution in [0.25, 0.3) is 0 Å². The molecule has 152 valence electrons. The van der Waals surface area contributed by atoms with Crippen molar-refractivity contribution < 1.29 is 19.1 Å². The second kappa shape index (κ2) is 7.54. The van der Waals surface area contributed by atoms with E-state index in [0.717, 1.165) is 11.3 Å². The third-order valence-electron chi connectivity index (χ3n) is 5.93. The summed E-state index contributed by atoms with van der Waals surface area (Å²) in [7, 11) is 5.41. The van der Waals surface area contributed by atoms with Gasteiger partial charge < -0.3 is 9.64 Å². The lowest BCUT2D eigenvalue weighted by atomic mass is 9.77. The summed E-state index contributed by atoms with van der Waals surface area (Å²) < 4.78 is 5.35. The van der Waals surface area contributed by atoms with Gasteiger partial charge in [-0.15, -0.1) is 0 Å². The van der Waals surface area contributed by atoms with Gasteiger partial charge in [0.05, 0.1) is 18.4 Å². The first-order valence-corrected chi connectivity index (χ1v) is 9.82. The summed E-state index contributed by atoms with van der Waals surface area (Å²) in [5.41, 5.74) is 0.742. The molecule has 0 bridgehead atoms. The summed E-state index contributed by atoms with van der Waals surface area (Å²) in [6.45, 7) is 3.93. The molecule has 0 radical (unpaired) electrons.